The molecule has 0 radical (unpaired) electrons. The van der Waals surface area contributed by atoms with E-state index < -0.39 is 5.97 Å². The lowest BCUT2D eigenvalue weighted by Crippen LogP contribution is -2.24. The summed E-state index contributed by atoms with van der Waals surface area (Å²) >= 11 is 9.48. The van der Waals surface area contributed by atoms with Crippen LogP contribution in [0.2, 0.25) is 5.02 Å². The van der Waals surface area contributed by atoms with Gasteiger partial charge in [-0.1, -0.05) is 27.5 Å². The van der Waals surface area contributed by atoms with Crippen molar-refractivity contribution in [2.24, 2.45) is 0 Å². The molecule has 0 aromatic heterocycles. The molecule has 0 saturated heterocycles. The van der Waals surface area contributed by atoms with Crippen molar-refractivity contribution in [3.05, 3.63) is 68.3 Å². The van der Waals surface area contributed by atoms with E-state index in [1.54, 1.807) is 56.3 Å². The molecule has 0 saturated carbocycles. The topological polar surface area (TPSA) is 65.1 Å². The van der Waals surface area contributed by atoms with E-state index >= 15 is 0 Å². The zero-order valence-electron chi connectivity index (χ0n) is 16.2. The second-order valence-electron chi connectivity index (χ2n) is 6.58. The van der Waals surface area contributed by atoms with E-state index in [2.05, 4.69) is 15.9 Å². The van der Waals surface area contributed by atoms with Gasteiger partial charge in [-0.3, -0.25) is 9.69 Å². The van der Waals surface area contributed by atoms with Crippen LogP contribution >= 0.6 is 27.5 Å². The molecule has 2 heterocycles. The number of ether oxygens (including phenoxy) is 3. The first-order valence-corrected chi connectivity index (χ1v) is 10.4. The van der Waals surface area contributed by atoms with Gasteiger partial charge in [0.1, 0.15) is 0 Å². The summed E-state index contributed by atoms with van der Waals surface area (Å²) in [5, 5.41) is 0.553. The van der Waals surface area contributed by atoms with E-state index in [1.807, 2.05) is 0 Å². The molecule has 0 N–H and O–H groups in total. The minimum Gasteiger partial charge on any atom is -0.462 e. The smallest absolute Gasteiger partial charge is 0.340 e. The van der Waals surface area contributed by atoms with Crippen molar-refractivity contribution < 1.29 is 23.8 Å². The van der Waals surface area contributed by atoms with Crippen LogP contribution in [-0.2, 0) is 14.3 Å². The molecular formula is C22H17BrClNO5. The van der Waals surface area contributed by atoms with Crippen molar-refractivity contribution in [3.63, 3.8) is 0 Å². The van der Waals surface area contributed by atoms with Gasteiger partial charge in [-0.05, 0) is 61.9 Å². The van der Waals surface area contributed by atoms with E-state index in [1.165, 1.54) is 4.90 Å². The molecule has 2 aromatic rings. The molecule has 154 valence electrons. The summed E-state index contributed by atoms with van der Waals surface area (Å²) in [7, 11) is 0. The van der Waals surface area contributed by atoms with Gasteiger partial charge in [-0.2, -0.15) is 0 Å². The van der Waals surface area contributed by atoms with E-state index in [-0.39, 0.29) is 30.5 Å². The second kappa shape index (κ2) is 8.16. The molecule has 0 spiro atoms. The number of carbonyl (C=O) groups excluding carboxylic acids is 2. The third-order valence-electron chi connectivity index (χ3n) is 4.76. The van der Waals surface area contributed by atoms with Gasteiger partial charge in [0.25, 0.3) is 5.91 Å². The van der Waals surface area contributed by atoms with E-state index in [4.69, 9.17) is 25.8 Å². The lowest BCUT2D eigenvalue weighted by Gasteiger charge is -2.18. The van der Waals surface area contributed by atoms with Crippen molar-refractivity contribution >= 4 is 51.2 Å². The van der Waals surface area contributed by atoms with Crippen molar-refractivity contribution in [2.45, 2.75) is 13.8 Å². The Morgan fingerprint density at radius 2 is 1.90 bits per heavy atom. The molecule has 0 fully saturated rings. The molecule has 0 atom stereocenters. The first-order valence-electron chi connectivity index (χ1n) is 9.20. The number of amides is 1. The van der Waals surface area contributed by atoms with Crippen molar-refractivity contribution in [1.82, 2.24) is 0 Å². The van der Waals surface area contributed by atoms with Gasteiger partial charge in [-0.15, -0.1) is 0 Å². The first kappa shape index (κ1) is 20.5. The van der Waals surface area contributed by atoms with E-state index in [0.717, 1.165) is 0 Å². The Morgan fingerprint density at radius 1 is 1.23 bits per heavy atom. The SMILES string of the molecule is CCOC(=O)C1=C(C)N(c2ccc(Cl)cc2)C(=O)/C1=C\c1cc2c(cc1Br)OCO2. The molecule has 2 aromatic carbocycles. The van der Waals surface area contributed by atoms with Crippen molar-refractivity contribution in [1.29, 1.82) is 0 Å². The number of esters is 1. The Labute approximate surface area is 186 Å². The lowest BCUT2D eigenvalue weighted by atomic mass is 10.0. The minimum absolute atomic E-state index is 0.137. The Bertz CT molecular complexity index is 1110. The quantitative estimate of drug-likeness (QED) is 0.441. The number of fused-ring (bicyclic) bond motifs is 1. The molecule has 1 amide bonds. The van der Waals surface area contributed by atoms with Gasteiger partial charge < -0.3 is 14.2 Å². The Hall–Kier alpha value is -2.77. The maximum Gasteiger partial charge on any atom is 0.340 e. The largest absolute Gasteiger partial charge is 0.462 e. The van der Waals surface area contributed by atoms with Gasteiger partial charge in [0, 0.05) is 20.9 Å². The summed E-state index contributed by atoms with van der Waals surface area (Å²) in [5.74, 6) is 0.302. The van der Waals surface area contributed by atoms with Gasteiger partial charge in [0.2, 0.25) is 6.79 Å². The highest BCUT2D eigenvalue weighted by Crippen LogP contribution is 2.40. The maximum absolute atomic E-state index is 13.4. The summed E-state index contributed by atoms with van der Waals surface area (Å²) in [6.07, 6.45) is 1.65. The predicted molar refractivity (Wildman–Crippen MR) is 117 cm³/mol. The summed E-state index contributed by atoms with van der Waals surface area (Å²) in [4.78, 5) is 27.6. The zero-order chi connectivity index (χ0) is 21.4. The van der Waals surface area contributed by atoms with Crippen LogP contribution in [0.5, 0.6) is 11.5 Å². The van der Waals surface area contributed by atoms with Crippen molar-refractivity contribution in [3.8, 4) is 11.5 Å². The molecule has 2 aliphatic rings. The van der Waals surface area contributed by atoms with E-state index in [0.29, 0.717) is 37.9 Å². The average molecular weight is 491 g/mol. The maximum atomic E-state index is 13.4. The molecule has 0 aliphatic carbocycles. The molecule has 8 heteroatoms. The Balaban J connectivity index is 1.83. The normalized spacial score (nSPS) is 16.6. The summed E-state index contributed by atoms with van der Waals surface area (Å²) in [6, 6.07) is 10.4. The van der Waals surface area contributed by atoms with Crippen molar-refractivity contribution in [2.75, 3.05) is 18.3 Å². The minimum atomic E-state index is -0.553. The number of hydrogen-bond donors (Lipinski definition) is 0. The Morgan fingerprint density at radius 3 is 2.57 bits per heavy atom. The molecule has 0 unspecified atom stereocenters. The fraction of sp³-hybridized carbons (Fsp3) is 0.182. The van der Waals surface area contributed by atoms with Gasteiger partial charge in [0.05, 0.1) is 17.8 Å². The first-order chi connectivity index (χ1) is 14.4. The van der Waals surface area contributed by atoms with Crippen LogP contribution in [0.1, 0.15) is 19.4 Å². The van der Waals surface area contributed by atoms with Gasteiger partial charge in [0.15, 0.2) is 11.5 Å². The van der Waals surface area contributed by atoms with Crippen LogP contribution in [0.3, 0.4) is 0 Å². The van der Waals surface area contributed by atoms with Gasteiger partial charge in [-0.25, -0.2) is 4.79 Å². The highest BCUT2D eigenvalue weighted by Gasteiger charge is 2.38. The predicted octanol–water partition coefficient (Wildman–Crippen LogP) is 5.10. The van der Waals surface area contributed by atoms with Crippen LogP contribution in [0.15, 0.2) is 57.7 Å². The molecule has 2 aliphatic heterocycles. The molecular weight excluding hydrogens is 474 g/mol. The molecule has 0 bridgehead atoms. The average Bonchev–Trinajstić information content (AvgIpc) is 3.25. The number of rotatable bonds is 4. The third kappa shape index (κ3) is 3.59. The summed E-state index contributed by atoms with van der Waals surface area (Å²) < 4.78 is 16.7. The number of allylic oxidation sites excluding steroid dienone is 1. The molecule has 6 nitrogen and oxygen atoms in total. The highest BCUT2D eigenvalue weighted by atomic mass is 79.9. The number of nitrogens with zero attached hydrogens (tertiary/aromatic N) is 1. The lowest BCUT2D eigenvalue weighted by molar-refractivity contribution is -0.138. The molecule has 30 heavy (non-hydrogen) atoms. The number of benzene rings is 2. The van der Waals surface area contributed by atoms with E-state index in [9.17, 15) is 9.59 Å². The number of halogens is 2. The number of hydrogen-bond acceptors (Lipinski definition) is 5. The molecule has 4 rings (SSSR count). The number of anilines is 1. The second-order valence-corrected chi connectivity index (χ2v) is 7.87. The number of carbonyl (C=O) groups is 2. The monoisotopic (exact) mass is 489 g/mol. The fourth-order valence-corrected chi connectivity index (χ4v) is 3.94. The summed E-state index contributed by atoms with van der Waals surface area (Å²) in [6.45, 7) is 3.78. The third-order valence-corrected chi connectivity index (χ3v) is 5.69. The van der Waals surface area contributed by atoms with Crippen LogP contribution in [0.4, 0.5) is 5.69 Å². The highest BCUT2D eigenvalue weighted by molar-refractivity contribution is 9.10. The fourth-order valence-electron chi connectivity index (χ4n) is 3.38. The van der Waals surface area contributed by atoms with Crippen LogP contribution in [-0.4, -0.2) is 25.3 Å². The zero-order valence-corrected chi connectivity index (χ0v) is 18.5. The van der Waals surface area contributed by atoms with Crippen LogP contribution in [0.25, 0.3) is 6.08 Å². The van der Waals surface area contributed by atoms with Crippen LogP contribution in [0, 0.1) is 0 Å². The summed E-state index contributed by atoms with van der Waals surface area (Å²) in [5.41, 5.74) is 2.23. The Kier molecular flexibility index (Phi) is 5.58. The van der Waals surface area contributed by atoms with Gasteiger partial charge >= 0.3 is 5.97 Å². The standard InChI is InChI=1S/C22H17BrClNO5/c1-3-28-22(27)20-12(2)25(15-6-4-14(24)5-7-15)21(26)16(20)8-13-9-18-19(10-17(13)23)30-11-29-18/h4-10H,3,11H2,1-2H3/b16-8-. The van der Waals surface area contributed by atoms with Crippen LogP contribution < -0.4 is 14.4 Å².